The number of hydrogen-bond acceptors (Lipinski definition) is 1. The largest absolute Gasteiger partial charge is 0.416 e. The lowest BCUT2D eigenvalue weighted by molar-refractivity contribution is -0.138. The molecule has 0 saturated carbocycles. The van der Waals surface area contributed by atoms with Gasteiger partial charge in [0.25, 0.3) is 0 Å². The predicted octanol–water partition coefficient (Wildman–Crippen LogP) is 3.98. The van der Waals surface area contributed by atoms with Crippen molar-refractivity contribution in [2.75, 3.05) is 5.32 Å². The highest BCUT2D eigenvalue weighted by Crippen LogP contribution is 2.41. The molecule has 1 rings (SSSR count). The molecule has 0 aromatic heterocycles. The van der Waals surface area contributed by atoms with Crippen LogP contribution in [0.5, 0.6) is 0 Å². The van der Waals surface area contributed by atoms with Crippen LogP contribution in [0.25, 0.3) is 0 Å². The Balaban J connectivity index is 3.48. The van der Waals surface area contributed by atoms with Crippen LogP contribution < -0.4 is 11.1 Å². The third-order valence-electron chi connectivity index (χ3n) is 2.03. The third kappa shape index (κ3) is 3.14. The highest BCUT2D eigenvalue weighted by atomic mass is 35.5. The molecule has 1 aromatic carbocycles. The van der Waals surface area contributed by atoms with Gasteiger partial charge in [-0.1, -0.05) is 23.2 Å². The highest BCUT2D eigenvalue weighted by Gasteiger charge is 2.34. The minimum Gasteiger partial charge on any atom is -0.376 e. The van der Waals surface area contributed by atoms with Crippen LogP contribution >= 0.6 is 35.4 Å². The number of benzene rings is 1. The standard InChI is InChI=1S/C9H7Cl2F3N2S/c1-3-4(9(12,13)14)2-5(10)6(11)7(3)16-8(15)17/h2H,1H3,(H3,15,16,17). The van der Waals surface area contributed by atoms with Crippen LogP contribution in [-0.4, -0.2) is 5.11 Å². The fourth-order valence-electron chi connectivity index (χ4n) is 1.28. The van der Waals surface area contributed by atoms with Crippen LogP contribution in [-0.2, 0) is 6.18 Å². The van der Waals surface area contributed by atoms with Gasteiger partial charge in [0.05, 0.1) is 21.3 Å². The Kier molecular flexibility index (Phi) is 4.11. The van der Waals surface area contributed by atoms with Crippen molar-refractivity contribution in [3.63, 3.8) is 0 Å². The number of rotatable bonds is 1. The van der Waals surface area contributed by atoms with Crippen LogP contribution in [0.3, 0.4) is 0 Å². The minimum absolute atomic E-state index is 0.0287. The molecule has 0 aliphatic heterocycles. The summed E-state index contributed by atoms with van der Waals surface area (Å²) < 4.78 is 38.1. The van der Waals surface area contributed by atoms with Crippen molar-refractivity contribution in [2.45, 2.75) is 13.1 Å². The van der Waals surface area contributed by atoms with Gasteiger partial charge >= 0.3 is 6.18 Å². The van der Waals surface area contributed by atoms with E-state index in [1.165, 1.54) is 6.92 Å². The highest BCUT2D eigenvalue weighted by molar-refractivity contribution is 7.80. The average molecular weight is 303 g/mol. The summed E-state index contributed by atoms with van der Waals surface area (Å²) in [5.74, 6) is 0. The van der Waals surface area contributed by atoms with E-state index < -0.39 is 11.7 Å². The van der Waals surface area contributed by atoms with E-state index >= 15 is 0 Å². The molecule has 1 aromatic rings. The molecule has 2 nitrogen and oxygen atoms in total. The molecule has 0 fully saturated rings. The average Bonchev–Trinajstić information content (AvgIpc) is 2.16. The Morgan fingerprint density at radius 3 is 2.35 bits per heavy atom. The van der Waals surface area contributed by atoms with Crippen molar-refractivity contribution < 1.29 is 13.2 Å². The van der Waals surface area contributed by atoms with Gasteiger partial charge in [0.15, 0.2) is 5.11 Å². The maximum absolute atomic E-state index is 12.7. The van der Waals surface area contributed by atoms with Gasteiger partial charge in [-0.3, -0.25) is 0 Å². The molecule has 0 atom stereocenters. The van der Waals surface area contributed by atoms with E-state index in [1.54, 1.807) is 0 Å². The summed E-state index contributed by atoms with van der Waals surface area (Å²) in [7, 11) is 0. The SMILES string of the molecule is Cc1c(C(F)(F)F)cc(Cl)c(Cl)c1NC(N)=S. The van der Waals surface area contributed by atoms with Crippen molar-refractivity contribution in [1.82, 2.24) is 0 Å². The van der Waals surface area contributed by atoms with E-state index in [0.717, 1.165) is 6.07 Å². The van der Waals surface area contributed by atoms with Crippen molar-refractivity contribution in [3.8, 4) is 0 Å². The first-order valence-corrected chi connectivity index (χ1v) is 5.43. The van der Waals surface area contributed by atoms with Gasteiger partial charge in [0.1, 0.15) is 0 Å². The first-order chi connectivity index (χ1) is 7.64. The molecular formula is C9H7Cl2F3N2S. The summed E-state index contributed by atoms with van der Waals surface area (Å²) in [6, 6.07) is 0.768. The second-order valence-electron chi connectivity index (χ2n) is 3.21. The molecule has 0 aliphatic carbocycles. The van der Waals surface area contributed by atoms with Crippen LogP contribution in [0.1, 0.15) is 11.1 Å². The number of alkyl halides is 3. The van der Waals surface area contributed by atoms with Crippen LogP contribution in [0.4, 0.5) is 18.9 Å². The van der Waals surface area contributed by atoms with Gasteiger partial charge in [-0.05, 0) is 30.8 Å². The van der Waals surface area contributed by atoms with Crippen molar-refractivity contribution >= 4 is 46.2 Å². The van der Waals surface area contributed by atoms with E-state index in [4.69, 9.17) is 28.9 Å². The van der Waals surface area contributed by atoms with Gasteiger partial charge in [-0.2, -0.15) is 13.2 Å². The van der Waals surface area contributed by atoms with Crippen molar-refractivity contribution in [3.05, 3.63) is 27.2 Å². The molecule has 94 valence electrons. The molecule has 3 N–H and O–H groups in total. The molecule has 0 bridgehead atoms. The van der Waals surface area contributed by atoms with Crippen molar-refractivity contribution in [1.29, 1.82) is 0 Å². The van der Waals surface area contributed by atoms with E-state index in [1.807, 2.05) is 0 Å². The number of nitrogens with two attached hydrogens (primary N) is 1. The van der Waals surface area contributed by atoms with Gasteiger partial charge in [-0.15, -0.1) is 0 Å². The lowest BCUT2D eigenvalue weighted by Gasteiger charge is -2.17. The van der Waals surface area contributed by atoms with Gasteiger partial charge in [-0.25, -0.2) is 0 Å². The number of anilines is 1. The fourth-order valence-corrected chi connectivity index (χ4v) is 1.83. The predicted molar refractivity (Wildman–Crippen MR) is 66.6 cm³/mol. The van der Waals surface area contributed by atoms with E-state index in [0.29, 0.717) is 0 Å². The van der Waals surface area contributed by atoms with Gasteiger partial charge in [0, 0.05) is 0 Å². The van der Waals surface area contributed by atoms with Gasteiger partial charge < -0.3 is 11.1 Å². The molecule has 0 radical (unpaired) electrons. The molecule has 8 heteroatoms. The Bertz CT molecular complexity index is 474. The van der Waals surface area contributed by atoms with Crippen LogP contribution in [0.15, 0.2) is 6.07 Å². The Morgan fingerprint density at radius 2 is 1.94 bits per heavy atom. The molecule has 0 spiro atoms. The maximum Gasteiger partial charge on any atom is 0.416 e. The molecule has 0 heterocycles. The Morgan fingerprint density at radius 1 is 1.41 bits per heavy atom. The monoisotopic (exact) mass is 302 g/mol. The number of thiocarbonyl (C=S) groups is 1. The number of nitrogens with one attached hydrogen (secondary N) is 1. The van der Waals surface area contributed by atoms with Crippen LogP contribution in [0, 0.1) is 6.92 Å². The normalized spacial score (nSPS) is 11.4. The van der Waals surface area contributed by atoms with E-state index in [2.05, 4.69) is 17.5 Å². The fraction of sp³-hybridized carbons (Fsp3) is 0.222. The zero-order valence-corrected chi connectivity index (χ0v) is 10.8. The zero-order valence-electron chi connectivity index (χ0n) is 8.45. The molecule has 0 saturated heterocycles. The Labute approximate surface area is 111 Å². The van der Waals surface area contributed by atoms with E-state index in [9.17, 15) is 13.2 Å². The quantitative estimate of drug-likeness (QED) is 0.771. The molecule has 17 heavy (non-hydrogen) atoms. The Hall–Kier alpha value is -0.720. The van der Waals surface area contributed by atoms with E-state index in [-0.39, 0.29) is 26.4 Å². The second kappa shape index (κ2) is 4.88. The lowest BCUT2D eigenvalue weighted by Crippen LogP contribution is -2.21. The number of hydrogen-bond donors (Lipinski definition) is 2. The minimum atomic E-state index is -4.52. The summed E-state index contributed by atoms with van der Waals surface area (Å²) in [4.78, 5) is 0. The number of halogens is 5. The first-order valence-electron chi connectivity index (χ1n) is 4.27. The lowest BCUT2D eigenvalue weighted by atomic mass is 10.1. The molecule has 0 aliphatic rings. The van der Waals surface area contributed by atoms with Crippen molar-refractivity contribution in [2.24, 2.45) is 5.73 Å². The molecule has 0 unspecified atom stereocenters. The summed E-state index contributed by atoms with van der Waals surface area (Å²) in [6.45, 7) is 1.26. The smallest absolute Gasteiger partial charge is 0.376 e. The summed E-state index contributed by atoms with van der Waals surface area (Å²) in [6.07, 6.45) is -4.52. The molecule has 0 amide bonds. The molecular weight excluding hydrogens is 296 g/mol. The third-order valence-corrected chi connectivity index (χ3v) is 2.92. The summed E-state index contributed by atoms with van der Waals surface area (Å²) >= 11 is 16.0. The zero-order chi connectivity index (χ0) is 13.4. The summed E-state index contributed by atoms with van der Waals surface area (Å²) in [5, 5.41) is 1.93. The first kappa shape index (κ1) is 14.3. The maximum atomic E-state index is 12.7. The second-order valence-corrected chi connectivity index (χ2v) is 4.43. The van der Waals surface area contributed by atoms with Gasteiger partial charge in [0.2, 0.25) is 0 Å². The topological polar surface area (TPSA) is 38.0 Å². The van der Waals surface area contributed by atoms with Crippen LogP contribution in [0.2, 0.25) is 10.0 Å². The summed E-state index contributed by atoms with van der Waals surface area (Å²) in [5.41, 5.74) is 4.19.